The Morgan fingerprint density at radius 1 is 1.00 bits per heavy atom. The molecule has 0 amide bonds. The minimum atomic E-state index is 0. The van der Waals surface area contributed by atoms with Gasteiger partial charge in [0.05, 0.1) is 18.6 Å². The number of guanidine groups is 1. The summed E-state index contributed by atoms with van der Waals surface area (Å²) < 4.78 is 2.03. The van der Waals surface area contributed by atoms with Crippen LogP contribution in [0.5, 0.6) is 0 Å². The second-order valence-electron chi connectivity index (χ2n) is 7.95. The predicted octanol–water partition coefficient (Wildman–Crippen LogP) is 4.34. The highest BCUT2D eigenvalue weighted by Gasteiger charge is 2.11. The maximum atomic E-state index is 4.79. The van der Waals surface area contributed by atoms with E-state index >= 15 is 0 Å². The number of halogens is 1. The van der Waals surface area contributed by atoms with E-state index in [0.717, 1.165) is 24.7 Å². The first-order valence-corrected chi connectivity index (χ1v) is 11.2. The van der Waals surface area contributed by atoms with Crippen LogP contribution in [-0.4, -0.2) is 40.0 Å². The molecule has 2 heterocycles. The number of benzene rings is 2. The SMILES string of the molecule is CCNC(=NCc1ccc(CN2CCCC2)cc1)NCc1ccccc1-n1ccnc1.I. The van der Waals surface area contributed by atoms with Crippen LogP contribution in [0.4, 0.5) is 0 Å². The lowest BCUT2D eigenvalue weighted by Crippen LogP contribution is -2.37. The van der Waals surface area contributed by atoms with Gasteiger partial charge in [0.15, 0.2) is 5.96 Å². The van der Waals surface area contributed by atoms with Crippen molar-refractivity contribution in [1.82, 2.24) is 25.1 Å². The number of nitrogens with one attached hydrogen (secondary N) is 2. The van der Waals surface area contributed by atoms with E-state index < -0.39 is 0 Å². The number of hydrogen-bond donors (Lipinski definition) is 2. The summed E-state index contributed by atoms with van der Waals surface area (Å²) in [4.78, 5) is 11.5. The van der Waals surface area contributed by atoms with Gasteiger partial charge in [-0.3, -0.25) is 4.90 Å². The highest BCUT2D eigenvalue weighted by molar-refractivity contribution is 14.0. The van der Waals surface area contributed by atoms with Crippen molar-refractivity contribution >= 4 is 29.9 Å². The summed E-state index contributed by atoms with van der Waals surface area (Å²) in [5, 5.41) is 6.82. The molecule has 170 valence electrons. The molecule has 1 fully saturated rings. The Balaban J connectivity index is 0.00000289. The minimum absolute atomic E-state index is 0. The Labute approximate surface area is 208 Å². The van der Waals surface area contributed by atoms with Crippen LogP contribution in [-0.2, 0) is 19.6 Å². The van der Waals surface area contributed by atoms with E-state index in [9.17, 15) is 0 Å². The van der Waals surface area contributed by atoms with E-state index in [1.54, 1.807) is 6.20 Å². The largest absolute Gasteiger partial charge is 0.357 e. The van der Waals surface area contributed by atoms with Gasteiger partial charge in [0.2, 0.25) is 0 Å². The Hall–Kier alpha value is -2.39. The monoisotopic (exact) mass is 544 g/mol. The molecule has 0 radical (unpaired) electrons. The summed E-state index contributed by atoms with van der Waals surface area (Å²) in [6, 6.07) is 17.2. The zero-order valence-electron chi connectivity index (χ0n) is 18.7. The fraction of sp³-hybridized carbons (Fsp3) is 0.360. The first-order valence-electron chi connectivity index (χ1n) is 11.2. The third kappa shape index (κ3) is 6.80. The Morgan fingerprint density at radius 3 is 2.47 bits per heavy atom. The summed E-state index contributed by atoms with van der Waals surface area (Å²) in [5.41, 5.74) is 4.92. The molecule has 2 aromatic carbocycles. The van der Waals surface area contributed by atoms with Crippen molar-refractivity contribution in [2.45, 2.75) is 39.4 Å². The Bertz CT molecular complexity index is 962. The molecule has 2 N–H and O–H groups in total. The van der Waals surface area contributed by atoms with E-state index in [0.29, 0.717) is 13.1 Å². The molecule has 3 aromatic rings. The summed E-state index contributed by atoms with van der Waals surface area (Å²) >= 11 is 0. The van der Waals surface area contributed by atoms with Gasteiger partial charge < -0.3 is 15.2 Å². The van der Waals surface area contributed by atoms with Crippen molar-refractivity contribution in [3.05, 3.63) is 83.9 Å². The quantitative estimate of drug-likeness (QED) is 0.252. The average Bonchev–Trinajstić information content (AvgIpc) is 3.51. The van der Waals surface area contributed by atoms with Crippen molar-refractivity contribution in [3.8, 4) is 5.69 Å². The predicted molar refractivity (Wildman–Crippen MR) is 142 cm³/mol. The number of rotatable bonds is 8. The van der Waals surface area contributed by atoms with E-state index in [4.69, 9.17) is 4.99 Å². The second-order valence-corrected chi connectivity index (χ2v) is 7.95. The fourth-order valence-corrected chi connectivity index (χ4v) is 3.95. The van der Waals surface area contributed by atoms with E-state index in [1.807, 2.05) is 23.2 Å². The molecule has 1 aromatic heterocycles. The number of aromatic nitrogens is 2. The molecule has 32 heavy (non-hydrogen) atoms. The molecular formula is C25H33IN6. The summed E-state index contributed by atoms with van der Waals surface area (Å²) in [7, 11) is 0. The highest BCUT2D eigenvalue weighted by Crippen LogP contribution is 2.15. The van der Waals surface area contributed by atoms with E-state index in [-0.39, 0.29) is 24.0 Å². The summed E-state index contributed by atoms with van der Waals surface area (Å²) in [6.45, 7) is 7.77. The van der Waals surface area contributed by atoms with Crippen molar-refractivity contribution < 1.29 is 0 Å². The van der Waals surface area contributed by atoms with Crippen LogP contribution in [0.3, 0.4) is 0 Å². The van der Waals surface area contributed by atoms with Gasteiger partial charge in [-0.15, -0.1) is 24.0 Å². The van der Waals surface area contributed by atoms with Crippen molar-refractivity contribution in [3.63, 3.8) is 0 Å². The number of para-hydroxylation sites is 1. The van der Waals surface area contributed by atoms with Gasteiger partial charge in [0.25, 0.3) is 0 Å². The lowest BCUT2D eigenvalue weighted by atomic mass is 10.1. The molecule has 1 aliphatic rings. The van der Waals surface area contributed by atoms with Crippen molar-refractivity contribution in [2.75, 3.05) is 19.6 Å². The lowest BCUT2D eigenvalue weighted by molar-refractivity contribution is 0.331. The van der Waals surface area contributed by atoms with Gasteiger partial charge in [-0.1, -0.05) is 42.5 Å². The number of nitrogens with zero attached hydrogens (tertiary/aromatic N) is 4. The normalized spacial score (nSPS) is 14.2. The van der Waals surface area contributed by atoms with Gasteiger partial charge in [-0.2, -0.15) is 0 Å². The van der Waals surface area contributed by atoms with Crippen LogP contribution in [0.2, 0.25) is 0 Å². The number of hydrogen-bond acceptors (Lipinski definition) is 3. The summed E-state index contributed by atoms with van der Waals surface area (Å²) in [5.74, 6) is 0.823. The topological polar surface area (TPSA) is 57.5 Å². The van der Waals surface area contributed by atoms with Gasteiger partial charge in [-0.05, 0) is 55.6 Å². The van der Waals surface area contributed by atoms with Crippen molar-refractivity contribution in [1.29, 1.82) is 0 Å². The minimum Gasteiger partial charge on any atom is -0.357 e. The second kappa shape index (κ2) is 12.6. The Morgan fingerprint density at radius 2 is 1.75 bits per heavy atom. The molecule has 7 heteroatoms. The fourth-order valence-electron chi connectivity index (χ4n) is 3.95. The third-order valence-corrected chi connectivity index (χ3v) is 5.61. The van der Waals surface area contributed by atoms with Crippen LogP contribution < -0.4 is 10.6 Å². The zero-order valence-corrected chi connectivity index (χ0v) is 21.0. The first-order chi connectivity index (χ1) is 15.3. The van der Waals surface area contributed by atoms with Gasteiger partial charge in [0, 0.05) is 32.0 Å². The zero-order chi connectivity index (χ0) is 21.3. The Kier molecular flexibility index (Phi) is 9.55. The molecule has 6 nitrogen and oxygen atoms in total. The molecule has 0 unspecified atom stereocenters. The highest BCUT2D eigenvalue weighted by atomic mass is 127. The smallest absolute Gasteiger partial charge is 0.191 e. The number of aliphatic imine (C=N–C) groups is 1. The standard InChI is InChI=1S/C25H32N6.HI/c1-2-27-25(29-18-23-7-3-4-8-24(23)31-16-13-26-20-31)28-17-21-9-11-22(12-10-21)19-30-14-5-6-15-30;/h3-4,7-13,16,20H,2,5-6,14-15,17-19H2,1H3,(H2,27,28,29);1H. The average molecular weight is 544 g/mol. The molecule has 0 aliphatic carbocycles. The van der Waals surface area contributed by atoms with Crippen LogP contribution in [0.25, 0.3) is 5.69 Å². The van der Waals surface area contributed by atoms with Crippen LogP contribution in [0, 0.1) is 0 Å². The van der Waals surface area contributed by atoms with Gasteiger partial charge in [-0.25, -0.2) is 9.98 Å². The third-order valence-electron chi connectivity index (χ3n) is 5.61. The van der Waals surface area contributed by atoms with Crippen LogP contribution in [0.1, 0.15) is 36.5 Å². The molecule has 4 rings (SSSR count). The first kappa shape index (κ1) is 24.3. The van der Waals surface area contributed by atoms with Crippen LogP contribution in [0.15, 0.2) is 72.2 Å². The molecule has 0 spiro atoms. The van der Waals surface area contributed by atoms with E-state index in [1.165, 1.54) is 42.6 Å². The van der Waals surface area contributed by atoms with Crippen molar-refractivity contribution in [2.24, 2.45) is 4.99 Å². The van der Waals surface area contributed by atoms with Crippen LogP contribution >= 0.6 is 24.0 Å². The molecule has 0 atom stereocenters. The maximum Gasteiger partial charge on any atom is 0.191 e. The lowest BCUT2D eigenvalue weighted by Gasteiger charge is -2.15. The number of imidazole rings is 1. The van der Waals surface area contributed by atoms with Gasteiger partial charge in [0.1, 0.15) is 0 Å². The molecular weight excluding hydrogens is 511 g/mol. The van der Waals surface area contributed by atoms with Gasteiger partial charge >= 0.3 is 0 Å². The number of likely N-dealkylation sites (tertiary alicyclic amines) is 1. The molecule has 0 saturated carbocycles. The molecule has 1 saturated heterocycles. The van der Waals surface area contributed by atoms with E-state index in [2.05, 4.69) is 69.9 Å². The maximum absolute atomic E-state index is 4.79. The summed E-state index contributed by atoms with van der Waals surface area (Å²) in [6.07, 6.45) is 8.25. The molecule has 0 bridgehead atoms. The molecule has 1 aliphatic heterocycles.